The van der Waals surface area contributed by atoms with E-state index in [4.69, 9.17) is 37.9 Å². The van der Waals surface area contributed by atoms with Crippen molar-refractivity contribution in [2.45, 2.75) is 0 Å². The molecule has 0 bridgehead atoms. The molecule has 0 aliphatic heterocycles. The van der Waals surface area contributed by atoms with Crippen LogP contribution in [0.25, 0.3) is 0 Å². The number of phenolic OH excluding ortho intramolecular Hbond substituents is 3. The second-order valence-corrected chi connectivity index (χ2v) is 11.9. The normalized spacial score (nSPS) is 11.7. The van der Waals surface area contributed by atoms with E-state index in [1.807, 2.05) is 109 Å². The van der Waals surface area contributed by atoms with E-state index in [1.54, 1.807) is 54.6 Å². The number of nitrogens with zero attached hydrogens (tertiary/aromatic N) is 6. The van der Waals surface area contributed by atoms with E-state index in [-0.39, 0.29) is 34.3 Å². The number of para-hydroxylation sites is 3. The Balaban J connectivity index is 0.000000220. The average Bonchev–Trinajstić information content (AvgIpc) is 3.21. The molecule has 0 amide bonds. The topological polar surface area (TPSA) is 135 Å². The van der Waals surface area contributed by atoms with Crippen LogP contribution in [-0.2, 0) is 55.0 Å². The average molecular weight is 821 g/mol. The predicted molar refractivity (Wildman–Crippen MR) is 228 cm³/mol. The van der Waals surface area contributed by atoms with E-state index in [0.29, 0.717) is 31.8 Å². The molecule has 9 nitrogen and oxygen atoms in total. The quantitative estimate of drug-likeness (QED) is 0.0443. The molecule has 0 atom stereocenters. The van der Waals surface area contributed by atoms with E-state index < -0.39 is 0 Å². The van der Waals surface area contributed by atoms with Crippen LogP contribution in [0.2, 0.25) is 0 Å². The van der Waals surface area contributed by atoms with E-state index in [0.717, 1.165) is 16.7 Å². The molecule has 0 fully saturated rings. The largest absolute Gasteiger partial charge is 3.00 e. The summed E-state index contributed by atoms with van der Waals surface area (Å²) >= 11 is 15.4. The van der Waals surface area contributed by atoms with Gasteiger partial charge in [-0.15, -0.1) is 0 Å². The molecule has 0 radical (unpaired) electrons. The number of phenols is 3. The molecule has 55 heavy (non-hydrogen) atoms. The number of rotatable bonds is 9. The monoisotopic (exact) mass is 820 g/mol. The van der Waals surface area contributed by atoms with Gasteiger partial charge in [-0.25, -0.2) is 0 Å². The fourth-order valence-electron chi connectivity index (χ4n) is 4.14. The van der Waals surface area contributed by atoms with Gasteiger partial charge in [-0.2, -0.15) is 30.6 Å². The third kappa shape index (κ3) is 15.4. The van der Waals surface area contributed by atoms with E-state index in [1.165, 1.54) is 18.6 Å². The van der Waals surface area contributed by atoms with Crippen molar-refractivity contribution in [2.75, 3.05) is 0 Å². The van der Waals surface area contributed by atoms with Crippen molar-refractivity contribution in [1.82, 2.24) is 0 Å². The Morgan fingerprint density at radius 2 is 0.564 bits per heavy atom. The molecule has 3 N–H and O–H groups in total. The van der Waals surface area contributed by atoms with Gasteiger partial charge in [-0.05, 0) is 53.1 Å². The first-order valence-electron chi connectivity index (χ1n) is 16.2. The van der Waals surface area contributed by atoms with Crippen molar-refractivity contribution in [2.24, 2.45) is 30.6 Å². The maximum Gasteiger partial charge on any atom is 3.00 e. The molecule has 274 valence electrons. The second kappa shape index (κ2) is 24.3. The second-order valence-electron chi connectivity index (χ2n) is 10.7. The van der Waals surface area contributed by atoms with Crippen LogP contribution in [0.1, 0.15) is 33.4 Å². The molecule has 13 heteroatoms. The standard InChI is InChI=1S/3C14H12N2OS.Mn/c3*17-13-9-5-4-8-12(13)10-15-16-14(18)11-6-2-1-3-7-11;/h3*1-10,17H,(H,16,18);/q;;;+3/p-3/b3*15-10-;. The van der Waals surface area contributed by atoms with Crippen molar-refractivity contribution in [3.05, 3.63) is 197 Å². The van der Waals surface area contributed by atoms with Crippen LogP contribution < -0.4 is 0 Å². The Bertz CT molecular complexity index is 2000. The summed E-state index contributed by atoms with van der Waals surface area (Å²) in [6.45, 7) is 0. The molecule has 0 heterocycles. The smallest absolute Gasteiger partial charge is 0.758 e. The van der Waals surface area contributed by atoms with Gasteiger partial charge in [-0.3, -0.25) is 0 Å². The van der Waals surface area contributed by atoms with Gasteiger partial charge in [-0.1, -0.05) is 143 Å². The zero-order valence-electron chi connectivity index (χ0n) is 28.9. The summed E-state index contributed by atoms with van der Waals surface area (Å²) in [5.41, 5.74) is 4.37. The van der Waals surface area contributed by atoms with Gasteiger partial charge in [0.15, 0.2) is 0 Å². The Kier molecular flexibility index (Phi) is 19.1. The van der Waals surface area contributed by atoms with Crippen molar-refractivity contribution in [3.8, 4) is 17.2 Å². The summed E-state index contributed by atoms with van der Waals surface area (Å²) in [4.78, 5) is 0. The molecule has 0 unspecified atom stereocenters. The number of hydrogen-bond donors (Lipinski definition) is 3. The van der Waals surface area contributed by atoms with Crippen LogP contribution in [0, 0.1) is 0 Å². The van der Waals surface area contributed by atoms with Crippen LogP contribution in [0.5, 0.6) is 17.2 Å². The number of benzene rings is 6. The number of aromatic hydroxyl groups is 3. The van der Waals surface area contributed by atoms with E-state index in [2.05, 4.69) is 30.6 Å². The fourth-order valence-corrected chi connectivity index (χ4v) is 4.69. The molecule has 0 aliphatic rings. The summed E-state index contributed by atoms with van der Waals surface area (Å²) in [7, 11) is 0. The van der Waals surface area contributed by atoms with Gasteiger partial charge >= 0.3 is 17.1 Å². The van der Waals surface area contributed by atoms with Gasteiger partial charge in [0.05, 0.1) is 18.6 Å². The van der Waals surface area contributed by atoms with Crippen LogP contribution >= 0.6 is 0 Å². The molecule has 6 aromatic rings. The van der Waals surface area contributed by atoms with Crippen molar-refractivity contribution in [1.29, 1.82) is 0 Å². The minimum atomic E-state index is 0. The predicted octanol–water partition coefficient (Wildman–Crippen LogP) is 8.16. The Labute approximate surface area is 347 Å². The SMILES string of the molecule is Oc1ccccc1/C=N\N=C(/[S-])c1ccccc1.Oc1ccccc1/C=N\N=C(/[S-])c1ccccc1.Oc1ccccc1/C=N\N=C(/[S-])c1ccccc1.[Mn+3]. The first kappa shape index (κ1) is 43.3. The molecule has 0 aromatic heterocycles. The van der Waals surface area contributed by atoms with Crippen molar-refractivity contribution < 1.29 is 32.4 Å². The van der Waals surface area contributed by atoms with Gasteiger partial charge < -0.3 is 53.2 Å². The Morgan fingerprint density at radius 3 is 0.800 bits per heavy atom. The third-order valence-electron chi connectivity index (χ3n) is 6.91. The van der Waals surface area contributed by atoms with Crippen LogP contribution in [0.15, 0.2) is 194 Å². The number of hydrogen-bond acceptors (Lipinski definition) is 12. The first-order chi connectivity index (χ1) is 26.3. The summed E-state index contributed by atoms with van der Waals surface area (Å²) in [5, 5.41) is 53.2. The van der Waals surface area contributed by atoms with Crippen LogP contribution in [0.4, 0.5) is 0 Å². The van der Waals surface area contributed by atoms with Gasteiger partial charge in [0.25, 0.3) is 0 Å². The maximum atomic E-state index is 9.53. The van der Waals surface area contributed by atoms with E-state index >= 15 is 0 Å². The van der Waals surface area contributed by atoms with Crippen LogP contribution in [0.3, 0.4) is 0 Å². The Hall–Kier alpha value is -6.08. The molecule has 0 spiro atoms. The zero-order valence-corrected chi connectivity index (χ0v) is 32.6. The Morgan fingerprint density at radius 1 is 0.345 bits per heavy atom. The van der Waals surface area contributed by atoms with Gasteiger partial charge in [0, 0.05) is 16.7 Å². The summed E-state index contributed by atoms with van der Waals surface area (Å²) in [5.74, 6) is 0.506. The van der Waals surface area contributed by atoms with E-state index in [9.17, 15) is 15.3 Å². The minimum Gasteiger partial charge on any atom is -0.758 e. The summed E-state index contributed by atoms with van der Waals surface area (Å²) in [6.07, 6.45) is 4.43. The van der Waals surface area contributed by atoms with Gasteiger partial charge in [0.2, 0.25) is 0 Å². The van der Waals surface area contributed by atoms with Crippen LogP contribution in [-0.4, -0.2) is 49.1 Å². The minimum absolute atomic E-state index is 0. The van der Waals surface area contributed by atoms with Crippen molar-refractivity contribution in [3.63, 3.8) is 0 Å². The molecule has 0 saturated carbocycles. The summed E-state index contributed by atoms with van der Waals surface area (Å²) in [6, 6.07) is 49.1. The first-order valence-corrected chi connectivity index (χ1v) is 17.4. The molecule has 6 rings (SSSR count). The molecule has 0 saturated heterocycles. The molecule has 6 aromatic carbocycles. The fraction of sp³-hybridized carbons (Fsp3) is 0. The maximum absolute atomic E-state index is 9.53. The molecule has 0 aliphatic carbocycles. The summed E-state index contributed by atoms with van der Waals surface area (Å²) < 4.78 is 0. The van der Waals surface area contributed by atoms with Crippen molar-refractivity contribution >= 4 is 71.7 Å². The molecular formula is C42H33MnN6O3S3. The van der Waals surface area contributed by atoms with Gasteiger partial charge in [0.1, 0.15) is 17.2 Å². The third-order valence-corrected chi connectivity index (χ3v) is 7.86. The zero-order chi connectivity index (χ0) is 38.4. The molecular weight excluding hydrogens is 788 g/mol.